The summed E-state index contributed by atoms with van der Waals surface area (Å²) in [6.45, 7) is 1.04. The molecule has 0 saturated heterocycles. The molecule has 2 atom stereocenters. The van der Waals surface area contributed by atoms with Crippen molar-refractivity contribution in [3.8, 4) is 0 Å². The van der Waals surface area contributed by atoms with Gasteiger partial charge in [-0.05, 0) is 55.4 Å². The highest BCUT2D eigenvalue weighted by atomic mass is 16.3. The second-order valence-electron chi connectivity index (χ2n) is 6.77. The summed E-state index contributed by atoms with van der Waals surface area (Å²) in [6.07, 6.45) is 5.16. The fraction of sp³-hybridized carbons (Fsp3) is 0.611. The van der Waals surface area contributed by atoms with Crippen molar-refractivity contribution in [1.82, 2.24) is 10.6 Å². The maximum absolute atomic E-state index is 12.0. The Morgan fingerprint density at radius 3 is 2.55 bits per heavy atom. The third kappa shape index (κ3) is 4.01. The first-order chi connectivity index (χ1) is 10.8. The smallest absolute Gasteiger partial charge is 0.315 e. The van der Waals surface area contributed by atoms with Crippen LogP contribution in [0.4, 0.5) is 4.79 Å². The topological polar surface area (TPSA) is 61.4 Å². The summed E-state index contributed by atoms with van der Waals surface area (Å²) in [5.74, 6) is 1.62. The van der Waals surface area contributed by atoms with Crippen molar-refractivity contribution in [1.29, 1.82) is 0 Å². The van der Waals surface area contributed by atoms with E-state index >= 15 is 0 Å². The van der Waals surface area contributed by atoms with E-state index in [0.717, 1.165) is 32.2 Å². The van der Waals surface area contributed by atoms with Gasteiger partial charge in [-0.15, -0.1) is 0 Å². The molecule has 2 aliphatic rings. The molecule has 4 heteroatoms. The van der Waals surface area contributed by atoms with Gasteiger partial charge in [-0.1, -0.05) is 30.3 Å². The largest absolute Gasteiger partial charge is 0.396 e. The fourth-order valence-corrected chi connectivity index (χ4v) is 3.53. The van der Waals surface area contributed by atoms with Crippen molar-refractivity contribution >= 4 is 6.03 Å². The van der Waals surface area contributed by atoms with E-state index in [1.54, 1.807) is 0 Å². The molecule has 0 bridgehead atoms. The van der Waals surface area contributed by atoms with Crippen molar-refractivity contribution in [3.05, 3.63) is 35.9 Å². The lowest BCUT2D eigenvalue weighted by Gasteiger charge is -2.27. The van der Waals surface area contributed by atoms with Crippen LogP contribution in [0, 0.1) is 11.8 Å². The molecule has 2 amide bonds. The molecule has 0 spiro atoms. The van der Waals surface area contributed by atoms with Gasteiger partial charge in [-0.25, -0.2) is 4.79 Å². The van der Waals surface area contributed by atoms with Crippen LogP contribution in [0.25, 0.3) is 0 Å². The number of carbonyl (C=O) groups excluding carboxylic acids is 1. The lowest BCUT2D eigenvalue weighted by Crippen LogP contribution is -2.44. The van der Waals surface area contributed by atoms with Crippen LogP contribution in [0.3, 0.4) is 0 Å². The highest BCUT2D eigenvalue weighted by Crippen LogP contribution is 2.46. The second kappa shape index (κ2) is 7.14. The van der Waals surface area contributed by atoms with Crippen LogP contribution in [0.15, 0.2) is 30.3 Å². The van der Waals surface area contributed by atoms with E-state index in [9.17, 15) is 4.79 Å². The number of carbonyl (C=O) groups is 1. The van der Waals surface area contributed by atoms with Crippen LogP contribution >= 0.6 is 0 Å². The summed E-state index contributed by atoms with van der Waals surface area (Å²) in [5.41, 5.74) is 1.39. The first-order valence-corrected chi connectivity index (χ1v) is 8.46. The van der Waals surface area contributed by atoms with E-state index in [2.05, 4.69) is 34.9 Å². The minimum atomic E-state index is -0.0360. The summed E-state index contributed by atoms with van der Waals surface area (Å²) in [7, 11) is 0. The third-order valence-corrected chi connectivity index (χ3v) is 5.12. The minimum Gasteiger partial charge on any atom is -0.396 e. The van der Waals surface area contributed by atoms with E-state index in [1.165, 1.54) is 12.0 Å². The summed E-state index contributed by atoms with van der Waals surface area (Å²) < 4.78 is 0. The number of nitrogens with one attached hydrogen (secondary N) is 2. The Hall–Kier alpha value is -1.55. The standard InChI is InChI=1S/C18H26N2O2/c21-12-13-6-8-16(9-7-13)20-18(22)19-11-15-10-17(15)14-4-2-1-3-5-14/h1-5,13,15-17,21H,6-12H2,(H2,19,20,22). The Bertz CT molecular complexity index is 483. The van der Waals surface area contributed by atoms with Gasteiger partial charge in [0.05, 0.1) is 0 Å². The summed E-state index contributed by atoms with van der Waals surface area (Å²) in [5, 5.41) is 15.2. The molecule has 2 saturated carbocycles. The Labute approximate surface area is 132 Å². The molecule has 0 aromatic heterocycles. The van der Waals surface area contributed by atoms with Crippen LogP contribution < -0.4 is 10.6 Å². The number of aliphatic hydroxyl groups is 1. The molecule has 2 aliphatic carbocycles. The summed E-state index contributed by atoms with van der Waals surface area (Å²) >= 11 is 0. The lowest BCUT2D eigenvalue weighted by molar-refractivity contribution is 0.174. The van der Waals surface area contributed by atoms with Crippen molar-refractivity contribution in [2.45, 2.75) is 44.1 Å². The van der Waals surface area contributed by atoms with Gasteiger partial charge >= 0.3 is 6.03 Å². The van der Waals surface area contributed by atoms with Crippen molar-refractivity contribution in [3.63, 3.8) is 0 Å². The molecule has 3 N–H and O–H groups in total. The number of hydrogen-bond acceptors (Lipinski definition) is 2. The van der Waals surface area contributed by atoms with Crippen molar-refractivity contribution in [2.75, 3.05) is 13.2 Å². The monoisotopic (exact) mass is 302 g/mol. The fourth-order valence-electron chi connectivity index (χ4n) is 3.53. The van der Waals surface area contributed by atoms with Gasteiger partial charge in [0.25, 0.3) is 0 Å². The molecule has 4 nitrogen and oxygen atoms in total. The van der Waals surface area contributed by atoms with Crippen LogP contribution in [0.2, 0.25) is 0 Å². The average Bonchev–Trinajstić information content (AvgIpc) is 3.34. The zero-order chi connectivity index (χ0) is 15.4. The van der Waals surface area contributed by atoms with E-state index in [4.69, 9.17) is 5.11 Å². The number of aliphatic hydroxyl groups excluding tert-OH is 1. The average molecular weight is 302 g/mol. The van der Waals surface area contributed by atoms with Gasteiger partial charge in [0, 0.05) is 19.2 Å². The molecule has 3 rings (SSSR count). The molecule has 2 unspecified atom stereocenters. The molecule has 1 aromatic rings. The molecular weight excluding hydrogens is 276 g/mol. The van der Waals surface area contributed by atoms with E-state index in [1.807, 2.05) is 6.07 Å². The van der Waals surface area contributed by atoms with E-state index < -0.39 is 0 Å². The Kier molecular flexibility index (Phi) is 4.98. The molecule has 120 valence electrons. The third-order valence-electron chi connectivity index (χ3n) is 5.12. The Balaban J connectivity index is 1.34. The van der Waals surface area contributed by atoms with Gasteiger partial charge in [0.1, 0.15) is 0 Å². The first kappa shape index (κ1) is 15.3. The van der Waals surface area contributed by atoms with Crippen molar-refractivity contribution < 1.29 is 9.90 Å². The normalized spacial score (nSPS) is 30.6. The van der Waals surface area contributed by atoms with Gasteiger partial charge in [0.15, 0.2) is 0 Å². The lowest BCUT2D eigenvalue weighted by atomic mass is 9.87. The van der Waals surface area contributed by atoms with Gasteiger partial charge < -0.3 is 15.7 Å². The Morgan fingerprint density at radius 1 is 1.14 bits per heavy atom. The van der Waals surface area contributed by atoms with Gasteiger partial charge in [-0.3, -0.25) is 0 Å². The summed E-state index contributed by atoms with van der Waals surface area (Å²) in [4.78, 5) is 12.0. The van der Waals surface area contributed by atoms with Gasteiger partial charge in [0.2, 0.25) is 0 Å². The number of amides is 2. The molecule has 22 heavy (non-hydrogen) atoms. The Morgan fingerprint density at radius 2 is 1.86 bits per heavy atom. The quantitative estimate of drug-likeness (QED) is 0.783. The van der Waals surface area contributed by atoms with Crippen LogP contribution in [0.5, 0.6) is 0 Å². The highest BCUT2D eigenvalue weighted by Gasteiger charge is 2.38. The van der Waals surface area contributed by atoms with E-state index in [-0.39, 0.29) is 18.7 Å². The minimum absolute atomic E-state index is 0.0360. The molecule has 1 aromatic carbocycles. The predicted molar refractivity (Wildman–Crippen MR) is 86.7 cm³/mol. The molecule has 0 radical (unpaired) electrons. The van der Waals surface area contributed by atoms with Crippen molar-refractivity contribution in [2.24, 2.45) is 11.8 Å². The molecular formula is C18H26N2O2. The zero-order valence-electron chi connectivity index (χ0n) is 13.0. The summed E-state index contributed by atoms with van der Waals surface area (Å²) in [6, 6.07) is 10.8. The van der Waals surface area contributed by atoms with Crippen LogP contribution in [0.1, 0.15) is 43.6 Å². The van der Waals surface area contributed by atoms with E-state index in [0.29, 0.717) is 17.8 Å². The zero-order valence-corrected chi connectivity index (χ0v) is 13.0. The highest BCUT2D eigenvalue weighted by molar-refractivity contribution is 5.74. The predicted octanol–water partition coefficient (Wildman–Crippen LogP) is 2.64. The molecule has 2 fully saturated rings. The number of rotatable bonds is 5. The van der Waals surface area contributed by atoms with Crippen LogP contribution in [-0.2, 0) is 0 Å². The van der Waals surface area contributed by atoms with Crippen LogP contribution in [-0.4, -0.2) is 30.3 Å². The molecule has 0 heterocycles. The number of benzene rings is 1. The SMILES string of the molecule is O=C(NCC1CC1c1ccccc1)NC1CCC(CO)CC1. The van der Waals surface area contributed by atoms with Gasteiger partial charge in [-0.2, -0.15) is 0 Å². The number of urea groups is 1. The first-order valence-electron chi connectivity index (χ1n) is 8.46. The maximum atomic E-state index is 12.0. The molecule has 0 aliphatic heterocycles. The second-order valence-corrected chi connectivity index (χ2v) is 6.77. The maximum Gasteiger partial charge on any atom is 0.315 e. The number of hydrogen-bond donors (Lipinski definition) is 3.